The minimum Gasteiger partial charge on any atom is -0.460 e. The number of carbonyl (C=O) groups is 1. The van der Waals surface area contributed by atoms with E-state index < -0.39 is 5.97 Å². The molecule has 0 bridgehead atoms. The molecule has 0 atom stereocenters. The van der Waals surface area contributed by atoms with Gasteiger partial charge in [0, 0.05) is 18.0 Å². The molecule has 0 amide bonds. The second kappa shape index (κ2) is 4.99. The molecular formula is C13H15N3O3S. The Morgan fingerprint density at radius 1 is 1.55 bits per heavy atom. The van der Waals surface area contributed by atoms with Crippen LogP contribution in [0.4, 0.5) is 0 Å². The van der Waals surface area contributed by atoms with Crippen LogP contribution in [0.3, 0.4) is 0 Å². The predicted molar refractivity (Wildman–Crippen MR) is 76.2 cm³/mol. The van der Waals surface area contributed by atoms with Crippen LogP contribution in [0.25, 0.3) is 10.2 Å². The molecule has 0 aliphatic carbocycles. The van der Waals surface area contributed by atoms with Crippen LogP contribution in [0.1, 0.15) is 28.0 Å². The fourth-order valence-electron chi connectivity index (χ4n) is 2.43. The summed E-state index contributed by atoms with van der Waals surface area (Å²) in [6, 6.07) is 0. The molecule has 106 valence electrons. The number of H-pyrrole nitrogens is 1. The summed E-state index contributed by atoms with van der Waals surface area (Å²) >= 11 is 1.52. The number of thiophene rings is 1. The van der Waals surface area contributed by atoms with Crippen LogP contribution in [-0.2, 0) is 17.7 Å². The number of esters is 1. The number of fused-ring (bicyclic) bond motifs is 3. The second-order valence-corrected chi connectivity index (χ2v) is 5.91. The van der Waals surface area contributed by atoms with Gasteiger partial charge in [-0.2, -0.15) is 4.98 Å². The number of carbonyl (C=O) groups excluding carboxylic acids is 1. The van der Waals surface area contributed by atoms with E-state index in [0.29, 0.717) is 10.2 Å². The quantitative estimate of drug-likeness (QED) is 0.841. The molecule has 1 N–H and O–H groups in total. The average Bonchev–Trinajstić information content (AvgIpc) is 2.76. The Balaban J connectivity index is 2.14. The maximum Gasteiger partial charge on any atom is 0.374 e. The highest BCUT2D eigenvalue weighted by molar-refractivity contribution is 7.18. The average molecular weight is 293 g/mol. The summed E-state index contributed by atoms with van der Waals surface area (Å²) in [7, 11) is 2.05. The summed E-state index contributed by atoms with van der Waals surface area (Å²) < 4.78 is 4.88. The minimum absolute atomic E-state index is 0.0173. The number of aromatic nitrogens is 2. The normalized spacial score (nSPS) is 15.3. The Labute approximate surface area is 119 Å². The zero-order valence-corrected chi connectivity index (χ0v) is 12.2. The molecular weight excluding hydrogens is 278 g/mol. The topological polar surface area (TPSA) is 75.3 Å². The third-order valence-corrected chi connectivity index (χ3v) is 4.51. The van der Waals surface area contributed by atoms with Gasteiger partial charge in [0.05, 0.1) is 12.0 Å². The Hall–Kier alpha value is -1.73. The number of rotatable bonds is 2. The SMILES string of the molecule is CCOC(=O)c1nc(=O)c2c3c(sc2[nH]1)CN(C)CC3. The number of nitrogens with zero attached hydrogens (tertiary/aromatic N) is 2. The molecule has 3 heterocycles. The number of nitrogens with one attached hydrogen (secondary N) is 1. The maximum atomic E-state index is 12.2. The van der Waals surface area contributed by atoms with Crippen molar-refractivity contribution in [3.63, 3.8) is 0 Å². The molecule has 0 aromatic carbocycles. The van der Waals surface area contributed by atoms with Crippen molar-refractivity contribution in [1.82, 2.24) is 14.9 Å². The third-order valence-electron chi connectivity index (χ3n) is 3.38. The zero-order valence-electron chi connectivity index (χ0n) is 11.4. The Morgan fingerprint density at radius 3 is 3.10 bits per heavy atom. The van der Waals surface area contributed by atoms with Gasteiger partial charge in [-0.15, -0.1) is 11.3 Å². The summed E-state index contributed by atoms with van der Waals surface area (Å²) in [5.74, 6) is -0.605. The molecule has 3 rings (SSSR count). The molecule has 1 aliphatic heterocycles. The lowest BCUT2D eigenvalue weighted by Gasteiger charge is -2.21. The number of aromatic amines is 1. The Morgan fingerprint density at radius 2 is 2.35 bits per heavy atom. The van der Waals surface area contributed by atoms with E-state index in [1.165, 1.54) is 16.2 Å². The van der Waals surface area contributed by atoms with Crippen molar-refractivity contribution in [2.24, 2.45) is 0 Å². The first-order valence-corrected chi connectivity index (χ1v) is 7.32. The van der Waals surface area contributed by atoms with Gasteiger partial charge >= 0.3 is 5.97 Å². The number of hydrogen-bond donors (Lipinski definition) is 1. The largest absolute Gasteiger partial charge is 0.460 e. The lowest BCUT2D eigenvalue weighted by atomic mass is 10.1. The summed E-state index contributed by atoms with van der Waals surface area (Å²) in [5.41, 5.74) is 0.733. The fourth-order valence-corrected chi connectivity index (χ4v) is 3.75. The van der Waals surface area contributed by atoms with Crippen LogP contribution >= 0.6 is 11.3 Å². The Kier molecular flexibility index (Phi) is 3.31. The maximum absolute atomic E-state index is 12.2. The lowest BCUT2D eigenvalue weighted by Crippen LogP contribution is -2.26. The molecule has 7 heteroatoms. The van der Waals surface area contributed by atoms with Crippen LogP contribution in [0, 0.1) is 0 Å². The number of ether oxygens (including phenoxy) is 1. The first-order valence-electron chi connectivity index (χ1n) is 6.50. The molecule has 2 aromatic heterocycles. The highest BCUT2D eigenvalue weighted by atomic mass is 32.1. The van der Waals surface area contributed by atoms with Crippen molar-refractivity contribution < 1.29 is 9.53 Å². The first kappa shape index (κ1) is 13.3. The third kappa shape index (κ3) is 2.12. The van der Waals surface area contributed by atoms with Gasteiger partial charge in [-0.25, -0.2) is 4.79 Å². The lowest BCUT2D eigenvalue weighted by molar-refractivity contribution is 0.0512. The van der Waals surface area contributed by atoms with Crippen LogP contribution in [0.15, 0.2) is 4.79 Å². The van der Waals surface area contributed by atoms with E-state index in [4.69, 9.17) is 4.74 Å². The monoisotopic (exact) mass is 293 g/mol. The van der Waals surface area contributed by atoms with Crippen molar-refractivity contribution in [2.75, 3.05) is 20.2 Å². The van der Waals surface area contributed by atoms with E-state index in [2.05, 4.69) is 21.9 Å². The van der Waals surface area contributed by atoms with Gasteiger partial charge in [0.1, 0.15) is 4.83 Å². The molecule has 0 saturated heterocycles. The van der Waals surface area contributed by atoms with Crippen LogP contribution in [0.5, 0.6) is 0 Å². The van der Waals surface area contributed by atoms with Gasteiger partial charge in [0.2, 0.25) is 5.82 Å². The van der Waals surface area contributed by atoms with Crippen molar-refractivity contribution in [1.29, 1.82) is 0 Å². The molecule has 1 aliphatic rings. The van der Waals surface area contributed by atoms with Gasteiger partial charge in [-0.05, 0) is 26.0 Å². The standard InChI is InChI=1S/C13H15N3O3S/c1-3-19-13(18)10-14-11(17)9-7-4-5-16(2)6-8(7)20-12(9)15-10/h3-6H2,1-2H3,(H,14,15,17). The summed E-state index contributed by atoms with van der Waals surface area (Å²) in [4.78, 5) is 34.7. The highest BCUT2D eigenvalue weighted by Gasteiger charge is 2.23. The van der Waals surface area contributed by atoms with Gasteiger partial charge in [0.25, 0.3) is 5.56 Å². The van der Waals surface area contributed by atoms with Crippen molar-refractivity contribution >= 4 is 27.5 Å². The molecule has 20 heavy (non-hydrogen) atoms. The van der Waals surface area contributed by atoms with Gasteiger partial charge < -0.3 is 14.6 Å². The van der Waals surface area contributed by atoms with Crippen LogP contribution in [-0.4, -0.2) is 41.0 Å². The molecule has 0 unspecified atom stereocenters. The van der Waals surface area contributed by atoms with Gasteiger partial charge in [-0.3, -0.25) is 4.79 Å². The molecule has 2 aromatic rings. The van der Waals surface area contributed by atoms with E-state index >= 15 is 0 Å². The van der Waals surface area contributed by atoms with Gasteiger partial charge in [-0.1, -0.05) is 0 Å². The minimum atomic E-state index is -0.588. The van der Waals surface area contributed by atoms with E-state index in [9.17, 15) is 9.59 Å². The molecule has 0 spiro atoms. The predicted octanol–water partition coefficient (Wildman–Crippen LogP) is 1.15. The van der Waals surface area contributed by atoms with Crippen LogP contribution in [0.2, 0.25) is 0 Å². The summed E-state index contributed by atoms with van der Waals surface area (Å²) in [5, 5.41) is 0.631. The zero-order chi connectivity index (χ0) is 14.3. The van der Waals surface area contributed by atoms with Crippen LogP contribution < -0.4 is 5.56 Å². The molecule has 0 radical (unpaired) electrons. The molecule has 6 nitrogen and oxygen atoms in total. The van der Waals surface area contributed by atoms with Crippen molar-refractivity contribution in [3.8, 4) is 0 Å². The first-order chi connectivity index (χ1) is 9.60. The smallest absolute Gasteiger partial charge is 0.374 e. The fraction of sp³-hybridized carbons (Fsp3) is 0.462. The van der Waals surface area contributed by atoms with Gasteiger partial charge in [0.15, 0.2) is 0 Å². The van der Waals surface area contributed by atoms with Crippen molar-refractivity contribution in [2.45, 2.75) is 19.9 Å². The number of hydrogen-bond acceptors (Lipinski definition) is 6. The highest BCUT2D eigenvalue weighted by Crippen LogP contribution is 2.31. The van der Waals surface area contributed by atoms with Crippen molar-refractivity contribution in [3.05, 3.63) is 26.6 Å². The van der Waals surface area contributed by atoms with E-state index in [0.717, 1.165) is 25.1 Å². The van der Waals surface area contributed by atoms with E-state index in [1.807, 2.05) is 0 Å². The second-order valence-electron chi connectivity index (χ2n) is 4.81. The molecule has 0 fully saturated rings. The van der Waals surface area contributed by atoms with E-state index in [-0.39, 0.29) is 18.0 Å². The Bertz CT molecular complexity index is 734. The summed E-state index contributed by atoms with van der Waals surface area (Å²) in [6.45, 7) is 3.73. The summed E-state index contributed by atoms with van der Waals surface area (Å²) in [6.07, 6.45) is 0.843. The van der Waals surface area contributed by atoms with E-state index in [1.54, 1.807) is 6.92 Å². The number of likely N-dealkylation sites (N-methyl/N-ethyl adjacent to an activating group) is 1. The molecule has 0 saturated carbocycles.